The minimum atomic E-state index is -0.849. The monoisotopic (exact) mass is 487 g/mol. The molecule has 2 atom stereocenters. The first-order valence-corrected chi connectivity index (χ1v) is 12.6. The van der Waals surface area contributed by atoms with Crippen molar-refractivity contribution >= 4 is 17.9 Å². The van der Waals surface area contributed by atoms with Crippen molar-refractivity contribution in [3.63, 3.8) is 0 Å². The molecule has 0 saturated carbocycles. The molecule has 7 nitrogen and oxygen atoms in total. The zero-order valence-corrected chi connectivity index (χ0v) is 22.6. The molecule has 1 rings (SSSR count). The number of amides is 3. The van der Waals surface area contributed by atoms with Crippen LogP contribution in [0.15, 0.2) is 36.9 Å². The molecule has 196 valence electrons. The van der Waals surface area contributed by atoms with Crippen LogP contribution in [-0.4, -0.2) is 47.5 Å². The summed E-state index contributed by atoms with van der Waals surface area (Å²) in [5.74, 6) is -0.468. The van der Waals surface area contributed by atoms with Gasteiger partial charge in [0.1, 0.15) is 17.7 Å². The topological polar surface area (TPSA) is 87.7 Å². The number of unbranched alkanes of at least 4 members (excludes halogenated alkanes) is 2. The Morgan fingerprint density at radius 2 is 1.74 bits per heavy atom. The molecule has 0 bridgehead atoms. The lowest BCUT2D eigenvalue weighted by molar-refractivity contribution is -0.142. The van der Waals surface area contributed by atoms with E-state index in [2.05, 4.69) is 24.1 Å². The van der Waals surface area contributed by atoms with Crippen molar-refractivity contribution in [2.75, 3.05) is 13.1 Å². The van der Waals surface area contributed by atoms with Crippen LogP contribution in [0.3, 0.4) is 0 Å². The van der Waals surface area contributed by atoms with Crippen molar-refractivity contribution in [2.24, 2.45) is 5.92 Å². The smallest absolute Gasteiger partial charge is 0.408 e. The zero-order valence-electron chi connectivity index (χ0n) is 22.6. The maximum Gasteiger partial charge on any atom is 0.408 e. The van der Waals surface area contributed by atoms with E-state index >= 15 is 0 Å². The van der Waals surface area contributed by atoms with Crippen molar-refractivity contribution in [1.82, 2.24) is 15.5 Å². The van der Waals surface area contributed by atoms with Gasteiger partial charge in [0.05, 0.1) is 0 Å². The van der Waals surface area contributed by atoms with Crippen molar-refractivity contribution in [3.8, 4) is 0 Å². The number of aryl methyl sites for hydroxylation is 1. The molecule has 0 spiro atoms. The van der Waals surface area contributed by atoms with E-state index in [0.717, 1.165) is 24.8 Å². The van der Waals surface area contributed by atoms with E-state index in [1.54, 1.807) is 26.8 Å². The summed E-state index contributed by atoms with van der Waals surface area (Å²) in [6.45, 7) is 17.9. The van der Waals surface area contributed by atoms with Gasteiger partial charge in [-0.25, -0.2) is 4.79 Å². The molecule has 0 aliphatic carbocycles. The average molecular weight is 488 g/mol. The number of nitrogens with one attached hydrogen (secondary N) is 2. The van der Waals surface area contributed by atoms with Crippen LogP contribution in [0.2, 0.25) is 0 Å². The van der Waals surface area contributed by atoms with Crippen LogP contribution in [-0.2, 0) is 14.3 Å². The van der Waals surface area contributed by atoms with Gasteiger partial charge in [-0.15, -0.1) is 6.58 Å². The normalized spacial score (nSPS) is 13.0. The number of hydrogen-bond acceptors (Lipinski definition) is 4. The molecule has 0 fully saturated rings. The van der Waals surface area contributed by atoms with Crippen LogP contribution < -0.4 is 10.6 Å². The Labute approximate surface area is 211 Å². The molecule has 0 heterocycles. The molecule has 0 aliphatic rings. The van der Waals surface area contributed by atoms with Crippen LogP contribution in [0.4, 0.5) is 4.79 Å². The summed E-state index contributed by atoms with van der Waals surface area (Å²) in [7, 11) is 0. The summed E-state index contributed by atoms with van der Waals surface area (Å²) in [6.07, 6.45) is 4.28. The van der Waals surface area contributed by atoms with Crippen LogP contribution in [0.25, 0.3) is 0 Å². The number of alkyl carbamates (subject to hydrolysis) is 1. The van der Waals surface area contributed by atoms with Gasteiger partial charge in [-0.1, -0.05) is 69.5 Å². The quantitative estimate of drug-likeness (QED) is 0.292. The number of hydrogen-bond donors (Lipinski definition) is 2. The van der Waals surface area contributed by atoms with E-state index < -0.39 is 23.8 Å². The molecule has 1 aromatic rings. The van der Waals surface area contributed by atoms with Crippen LogP contribution in [0.5, 0.6) is 0 Å². The van der Waals surface area contributed by atoms with Gasteiger partial charge in [0.15, 0.2) is 0 Å². The minimum Gasteiger partial charge on any atom is -0.444 e. The number of nitrogens with zero attached hydrogens (tertiary/aromatic N) is 1. The molecule has 0 aliphatic heterocycles. The predicted octanol–water partition coefficient (Wildman–Crippen LogP) is 5.30. The molecule has 0 aromatic heterocycles. The number of carbonyl (C=O) groups is 3. The molecule has 2 unspecified atom stereocenters. The van der Waals surface area contributed by atoms with Gasteiger partial charge >= 0.3 is 6.09 Å². The third-order valence-electron chi connectivity index (χ3n) is 5.34. The maximum atomic E-state index is 13.9. The summed E-state index contributed by atoms with van der Waals surface area (Å²) < 4.78 is 5.40. The Kier molecular flexibility index (Phi) is 12.5. The molecular formula is C28H45N3O4. The first-order chi connectivity index (χ1) is 16.4. The number of benzene rings is 1. The van der Waals surface area contributed by atoms with Gasteiger partial charge in [-0.3, -0.25) is 9.59 Å². The highest BCUT2D eigenvalue weighted by molar-refractivity contribution is 5.92. The molecule has 1 aromatic carbocycles. The first-order valence-electron chi connectivity index (χ1n) is 12.6. The zero-order chi connectivity index (χ0) is 26.6. The fourth-order valence-electron chi connectivity index (χ4n) is 3.71. The summed E-state index contributed by atoms with van der Waals surface area (Å²) in [4.78, 5) is 41.3. The third kappa shape index (κ3) is 11.0. The second kappa shape index (κ2) is 14.5. The molecule has 7 heteroatoms. The third-order valence-corrected chi connectivity index (χ3v) is 5.34. The molecule has 0 radical (unpaired) electrons. The second-order valence-electron chi connectivity index (χ2n) is 10.4. The Balaban J connectivity index is 3.33. The molecule has 2 N–H and O–H groups in total. The Morgan fingerprint density at radius 3 is 2.26 bits per heavy atom. The SMILES string of the molecule is C=CCN(C(=O)C(CC(C)C)NC(=O)OC(C)(C)C)C(C(=O)NCCCCC)c1ccc(C)cc1. The molecule has 35 heavy (non-hydrogen) atoms. The first kappa shape index (κ1) is 30.2. The number of carbonyl (C=O) groups excluding carboxylic acids is 3. The Morgan fingerprint density at radius 1 is 1.11 bits per heavy atom. The highest BCUT2D eigenvalue weighted by Crippen LogP contribution is 2.24. The van der Waals surface area contributed by atoms with E-state index in [1.807, 2.05) is 45.0 Å². The van der Waals surface area contributed by atoms with E-state index in [4.69, 9.17) is 4.74 Å². The molecular weight excluding hydrogens is 442 g/mol. The fourth-order valence-corrected chi connectivity index (χ4v) is 3.71. The summed E-state index contributed by atoms with van der Waals surface area (Å²) in [5.41, 5.74) is 1.07. The van der Waals surface area contributed by atoms with Gasteiger partial charge in [0.25, 0.3) is 0 Å². The van der Waals surface area contributed by atoms with E-state index in [1.165, 1.54) is 4.90 Å². The van der Waals surface area contributed by atoms with Gasteiger partial charge in [0.2, 0.25) is 11.8 Å². The minimum absolute atomic E-state index is 0.130. The number of ether oxygens (including phenoxy) is 1. The average Bonchev–Trinajstić information content (AvgIpc) is 2.75. The Hall–Kier alpha value is -2.83. The maximum absolute atomic E-state index is 13.9. The second-order valence-corrected chi connectivity index (χ2v) is 10.4. The lowest BCUT2D eigenvalue weighted by Gasteiger charge is -2.34. The molecule has 3 amide bonds. The largest absolute Gasteiger partial charge is 0.444 e. The van der Waals surface area contributed by atoms with Gasteiger partial charge < -0.3 is 20.3 Å². The van der Waals surface area contributed by atoms with E-state index in [-0.39, 0.29) is 24.3 Å². The van der Waals surface area contributed by atoms with E-state index in [9.17, 15) is 14.4 Å². The highest BCUT2D eigenvalue weighted by atomic mass is 16.6. The summed E-state index contributed by atoms with van der Waals surface area (Å²) in [5, 5.41) is 5.74. The van der Waals surface area contributed by atoms with Crippen LogP contribution in [0, 0.1) is 12.8 Å². The standard InChI is InChI=1S/C28H45N3O4/c1-9-11-12-17-29-25(32)24(22-15-13-21(5)14-16-22)31(18-10-2)26(33)23(19-20(3)4)30-27(34)35-28(6,7)8/h10,13-16,20,23-24H,2,9,11-12,17-19H2,1,3-8H3,(H,29,32)(H,30,34). The van der Waals surface area contributed by atoms with Crippen LogP contribution in [0.1, 0.15) is 84.4 Å². The van der Waals surface area contributed by atoms with Crippen molar-refractivity contribution < 1.29 is 19.1 Å². The van der Waals surface area contributed by atoms with Crippen molar-refractivity contribution in [2.45, 2.75) is 91.8 Å². The van der Waals surface area contributed by atoms with Gasteiger partial charge in [-0.2, -0.15) is 0 Å². The highest BCUT2D eigenvalue weighted by Gasteiger charge is 2.35. The van der Waals surface area contributed by atoms with Gasteiger partial charge in [-0.05, 0) is 52.0 Å². The Bertz CT molecular complexity index is 828. The number of rotatable bonds is 13. The van der Waals surface area contributed by atoms with Crippen molar-refractivity contribution in [1.29, 1.82) is 0 Å². The van der Waals surface area contributed by atoms with E-state index in [0.29, 0.717) is 18.5 Å². The lowest BCUT2D eigenvalue weighted by Crippen LogP contribution is -2.53. The fraction of sp³-hybridized carbons (Fsp3) is 0.607. The summed E-state index contributed by atoms with van der Waals surface area (Å²) in [6, 6.07) is 5.90. The van der Waals surface area contributed by atoms with Gasteiger partial charge in [0, 0.05) is 13.1 Å². The molecule has 0 saturated heterocycles. The lowest BCUT2D eigenvalue weighted by atomic mass is 9.98. The summed E-state index contributed by atoms with van der Waals surface area (Å²) >= 11 is 0. The predicted molar refractivity (Wildman–Crippen MR) is 141 cm³/mol. The van der Waals surface area contributed by atoms with Crippen LogP contribution >= 0.6 is 0 Å². The van der Waals surface area contributed by atoms with Crippen molar-refractivity contribution in [3.05, 3.63) is 48.0 Å².